The van der Waals surface area contributed by atoms with E-state index in [4.69, 9.17) is 21.1 Å². The molecule has 0 aromatic heterocycles. The Hall–Kier alpha value is -3.76. The van der Waals surface area contributed by atoms with Gasteiger partial charge in [0.15, 0.2) is 11.5 Å². The molecule has 0 heterocycles. The lowest BCUT2D eigenvalue weighted by Crippen LogP contribution is -2.51. The Bertz CT molecular complexity index is 1530. The summed E-state index contributed by atoms with van der Waals surface area (Å²) in [5, 5.41) is 3.31. The van der Waals surface area contributed by atoms with Gasteiger partial charge in [0.25, 0.3) is 10.0 Å². The quantitative estimate of drug-likeness (QED) is 0.236. The first kappa shape index (κ1) is 33.7. The van der Waals surface area contributed by atoms with Crippen molar-refractivity contribution in [2.45, 2.75) is 58.0 Å². The van der Waals surface area contributed by atoms with Crippen LogP contribution in [-0.4, -0.2) is 58.5 Å². The fraction of sp³-hybridized carbons (Fsp3) is 0.375. The van der Waals surface area contributed by atoms with Gasteiger partial charge < -0.3 is 19.7 Å². The predicted octanol–water partition coefficient (Wildman–Crippen LogP) is 5.50. The number of aryl methyl sites for hydroxylation is 2. The first-order valence-corrected chi connectivity index (χ1v) is 15.9. The summed E-state index contributed by atoms with van der Waals surface area (Å²) in [6.45, 7) is 7.27. The molecule has 0 radical (unpaired) electrons. The molecule has 0 spiro atoms. The second-order valence-electron chi connectivity index (χ2n) is 10.3. The van der Waals surface area contributed by atoms with Gasteiger partial charge in [0.05, 0.1) is 24.8 Å². The zero-order valence-corrected chi connectivity index (χ0v) is 27.1. The van der Waals surface area contributed by atoms with E-state index in [1.54, 1.807) is 43.3 Å². The highest BCUT2D eigenvalue weighted by molar-refractivity contribution is 7.92. The summed E-state index contributed by atoms with van der Waals surface area (Å²) in [6, 6.07) is 15.7. The molecule has 9 nitrogen and oxygen atoms in total. The number of hydrogen-bond acceptors (Lipinski definition) is 6. The summed E-state index contributed by atoms with van der Waals surface area (Å²) in [7, 11) is -1.42. The van der Waals surface area contributed by atoms with Crippen molar-refractivity contribution in [2.24, 2.45) is 0 Å². The Balaban J connectivity index is 2.09. The molecule has 0 unspecified atom stereocenters. The molecule has 0 bridgehead atoms. The minimum absolute atomic E-state index is 0.0119. The average Bonchev–Trinajstić information content (AvgIpc) is 2.98. The van der Waals surface area contributed by atoms with Crippen LogP contribution in [0.3, 0.4) is 0 Å². The minimum atomic E-state index is -4.29. The number of anilines is 1. The van der Waals surface area contributed by atoms with Gasteiger partial charge in [-0.3, -0.25) is 13.9 Å². The summed E-state index contributed by atoms with van der Waals surface area (Å²) in [5.74, 6) is -0.312. The maximum atomic E-state index is 14.2. The summed E-state index contributed by atoms with van der Waals surface area (Å²) in [5.41, 5.74) is 2.60. The maximum absolute atomic E-state index is 14.2. The maximum Gasteiger partial charge on any atom is 0.264 e. The van der Waals surface area contributed by atoms with Gasteiger partial charge in [-0.15, -0.1) is 0 Å². The monoisotopic (exact) mass is 629 g/mol. The van der Waals surface area contributed by atoms with Crippen LogP contribution in [0.1, 0.15) is 43.4 Å². The van der Waals surface area contributed by atoms with Crippen LogP contribution in [0, 0.1) is 13.8 Å². The van der Waals surface area contributed by atoms with E-state index in [0.717, 1.165) is 28.3 Å². The van der Waals surface area contributed by atoms with Crippen molar-refractivity contribution in [1.82, 2.24) is 10.2 Å². The number of ether oxygens (including phenoxy) is 2. The molecule has 0 aliphatic rings. The van der Waals surface area contributed by atoms with Crippen molar-refractivity contribution < 1.29 is 27.5 Å². The zero-order chi connectivity index (χ0) is 31.7. The lowest BCUT2D eigenvalue weighted by Gasteiger charge is -2.32. The topological polar surface area (TPSA) is 105 Å². The van der Waals surface area contributed by atoms with Crippen molar-refractivity contribution in [3.8, 4) is 11.5 Å². The summed E-state index contributed by atoms with van der Waals surface area (Å²) >= 11 is 6.44. The van der Waals surface area contributed by atoms with Crippen molar-refractivity contribution in [1.29, 1.82) is 0 Å². The third kappa shape index (κ3) is 8.42. The smallest absolute Gasteiger partial charge is 0.264 e. The lowest BCUT2D eigenvalue weighted by atomic mass is 10.1. The van der Waals surface area contributed by atoms with Gasteiger partial charge in [0.1, 0.15) is 12.6 Å². The Morgan fingerprint density at radius 3 is 2.21 bits per heavy atom. The number of carbonyl (C=O) groups is 2. The van der Waals surface area contributed by atoms with E-state index >= 15 is 0 Å². The van der Waals surface area contributed by atoms with Crippen LogP contribution in [0.15, 0.2) is 65.6 Å². The van der Waals surface area contributed by atoms with Gasteiger partial charge >= 0.3 is 0 Å². The molecule has 1 atom stereocenters. The highest BCUT2D eigenvalue weighted by atomic mass is 35.5. The van der Waals surface area contributed by atoms with E-state index in [9.17, 15) is 18.0 Å². The van der Waals surface area contributed by atoms with Crippen LogP contribution in [0.2, 0.25) is 5.02 Å². The van der Waals surface area contributed by atoms with Gasteiger partial charge in [-0.2, -0.15) is 0 Å². The van der Waals surface area contributed by atoms with Crippen LogP contribution in [0.5, 0.6) is 11.5 Å². The molecule has 1 N–H and O–H groups in total. The molecule has 11 heteroatoms. The Morgan fingerprint density at radius 1 is 0.953 bits per heavy atom. The highest BCUT2D eigenvalue weighted by Gasteiger charge is 2.33. The zero-order valence-electron chi connectivity index (χ0n) is 25.5. The first-order chi connectivity index (χ1) is 20.4. The number of nitrogens with one attached hydrogen (secondary N) is 1. The van der Waals surface area contributed by atoms with Gasteiger partial charge in [-0.05, 0) is 74.2 Å². The van der Waals surface area contributed by atoms with Gasteiger partial charge in [0, 0.05) is 24.2 Å². The van der Waals surface area contributed by atoms with Crippen LogP contribution in [0.4, 0.5) is 5.69 Å². The molecular weight excluding hydrogens is 590 g/mol. The predicted molar refractivity (Wildman–Crippen MR) is 169 cm³/mol. The fourth-order valence-electron chi connectivity index (χ4n) is 4.66. The number of halogens is 1. The van der Waals surface area contributed by atoms with E-state index in [-0.39, 0.29) is 23.1 Å². The molecule has 0 fully saturated rings. The third-order valence-corrected chi connectivity index (χ3v) is 9.15. The summed E-state index contributed by atoms with van der Waals surface area (Å²) in [4.78, 5) is 28.6. The van der Waals surface area contributed by atoms with Crippen molar-refractivity contribution in [3.05, 3.63) is 82.4 Å². The molecule has 0 saturated carbocycles. The molecule has 3 rings (SSSR count). The Morgan fingerprint density at radius 2 is 1.60 bits per heavy atom. The molecule has 2 amide bonds. The number of amides is 2. The van der Waals surface area contributed by atoms with E-state index < -0.39 is 28.5 Å². The van der Waals surface area contributed by atoms with Gasteiger partial charge in [0.2, 0.25) is 11.8 Å². The fourth-order valence-corrected chi connectivity index (χ4v) is 6.27. The SMILES string of the molecule is CCCCNC(=O)[C@H](C)N(Cc1ccccc1Cl)C(=O)CN(c1cc(C)cc(C)c1)S(=O)(=O)c1ccc(OC)c(OC)c1. The molecule has 43 heavy (non-hydrogen) atoms. The van der Waals surface area contributed by atoms with E-state index in [1.807, 2.05) is 26.8 Å². The second kappa shape index (κ2) is 15.1. The Labute approximate surface area is 259 Å². The Kier molecular flexibility index (Phi) is 11.9. The lowest BCUT2D eigenvalue weighted by molar-refractivity contribution is -0.139. The van der Waals surface area contributed by atoms with E-state index in [1.165, 1.54) is 37.3 Å². The van der Waals surface area contributed by atoms with E-state index in [0.29, 0.717) is 28.6 Å². The number of nitrogens with zero attached hydrogens (tertiary/aromatic N) is 2. The third-order valence-electron chi connectivity index (χ3n) is 7.01. The van der Waals surface area contributed by atoms with Crippen LogP contribution < -0.4 is 19.1 Å². The number of carbonyl (C=O) groups excluding carboxylic acids is 2. The van der Waals surface area contributed by atoms with E-state index in [2.05, 4.69) is 5.32 Å². The number of unbranched alkanes of at least 4 members (excludes halogenated alkanes) is 1. The molecule has 0 aliphatic carbocycles. The van der Waals surface area contributed by atoms with Crippen LogP contribution >= 0.6 is 11.6 Å². The molecule has 3 aromatic carbocycles. The first-order valence-electron chi connectivity index (χ1n) is 14.1. The molecule has 3 aromatic rings. The molecular formula is C32H40ClN3O6S. The molecule has 0 aliphatic heterocycles. The number of hydrogen-bond donors (Lipinski definition) is 1. The van der Waals surface area contributed by atoms with Gasteiger partial charge in [-0.25, -0.2) is 8.42 Å². The summed E-state index contributed by atoms with van der Waals surface area (Å²) < 4.78 is 40.2. The second-order valence-corrected chi connectivity index (χ2v) is 12.6. The number of benzene rings is 3. The average molecular weight is 630 g/mol. The largest absolute Gasteiger partial charge is 0.493 e. The number of methoxy groups -OCH3 is 2. The normalized spacial score (nSPS) is 11.9. The van der Waals surface area contributed by atoms with Gasteiger partial charge in [-0.1, -0.05) is 49.2 Å². The van der Waals surface area contributed by atoms with Crippen molar-refractivity contribution >= 4 is 39.1 Å². The molecule has 0 saturated heterocycles. The minimum Gasteiger partial charge on any atom is -0.493 e. The number of rotatable bonds is 14. The summed E-state index contributed by atoms with van der Waals surface area (Å²) in [6.07, 6.45) is 1.69. The molecule has 232 valence electrons. The highest BCUT2D eigenvalue weighted by Crippen LogP contribution is 2.33. The van der Waals surface area contributed by atoms with Crippen LogP contribution in [-0.2, 0) is 26.2 Å². The standard InChI is InChI=1S/C32H40ClN3O6S/c1-7-8-15-34-32(38)24(4)35(20-25-11-9-10-12-28(25)33)31(37)21-36(26-17-22(2)16-23(3)18-26)43(39,40)27-13-14-29(41-5)30(19-27)42-6/h9-14,16-19,24H,7-8,15,20-21H2,1-6H3,(H,34,38)/t24-/m0/s1. The van der Waals surface area contributed by atoms with Crippen molar-refractivity contribution in [3.63, 3.8) is 0 Å². The van der Waals surface area contributed by atoms with Crippen molar-refractivity contribution in [2.75, 3.05) is 31.6 Å². The number of sulfonamides is 1. The van der Waals surface area contributed by atoms with Crippen LogP contribution in [0.25, 0.3) is 0 Å².